The lowest BCUT2D eigenvalue weighted by Gasteiger charge is -2.59. The van der Waals surface area contributed by atoms with E-state index in [1.165, 1.54) is 38.5 Å². The highest BCUT2D eigenvalue weighted by molar-refractivity contribution is 5.97. The standard InChI is InChI=1S/C25H31NO5/c1-14-20-9-19(29-3)4-5-21(20)31-23(14)24(28)30-13-22(27)26-15(2)25-10-16-6-17(11-25)8-18(7-16)12-25/h4-5,9,15-18H,6-8,10-13H2,1-3H3,(H,26,27)/t15-,16?,17?,18?,25?/m1/s1. The second-order valence-electron chi connectivity index (χ2n) is 10.1. The van der Waals surface area contributed by atoms with Crippen LogP contribution in [-0.4, -0.2) is 31.6 Å². The summed E-state index contributed by atoms with van der Waals surface area (Å²) in [5, 5.41) is 3.93. The molecule has 1 aromatic heterocycles. The number of esters is 1. The van der Waals surface area contributed by atoms with Crippen LogP contribution in [0.2, 0.25) is 0 Å². The van der Waals surface area contributed by atoms with Crippen molar-refractivity contribution in [3.63, 3.8) is 0 Å². The molecule has 6 heteroatoms. The molecule has 1 aromatic carbocycles. The third kappa shape index (κ3) is 3.60. The molecule has 4 aliphatic carbocycles. The predicted molar refractivity (Wildman–Crippen MR) is 116 cm³/mol. The van der Waals surface area contributed by atoms with Gasteiger partial charge in [0.15, 0.2) is 6.61 Å². The van der Waals surface area contributed by atoms with Crippen molar-refractivity contribution in [3.8, 4) is 5.75 Å². The first-order chi connectivity index (χ1) is 14.9. The fraction of sp³-hybridized carbons (Fsp3) is 0.600. The molecule has 4 aliphatic rings. The van der Waals surface area contributed by atoms with Crippen LogP contribution >= 0.6 is 0 Å². The Bertz CT molecular complexity index is 987. The van der Waals surface area contributed by atoms with Gasteiger partial charge < -0.3 is 19.2 Å². The monoisotopic (exact) mass is 425 g/mol. The molecule has 1 atom stereocenters. The number of hydrogen-bond acceptors (Lipinski definition) is 5. The summed E-state index contributed by atoms with van der Waals surface area (Å²) in [6.45, 7) is 3.63. The summed E-state index contributed by atoms with van der Waals surface area (Å²) in [7, 11) is 1.59. The van der Waals surface area contributed by atoms with E-state index < -0.39 is 5.97 Å². The molecule has 0 saturated heterocycles. The van der Waals surface area contributed by atoms with Crippen LogP contribution in [0.3, 0.4) is 0 Å². The molecule has 0 spiro atoms. The summed E-state index contributed by atoms with van der Waals surface area (Å²) in [6.07, 6.45) is 7.80. The van der Waals surface area contributed by atoms with E-state index in [0.29, 0.717) is 16.9 Å². The summed E-state index contributed by atoms with van der Waals surface area (Å²) in [4.78, 5) is 25.2. The van der Waals surface area contributed by atoms with Gasteiger partial charge in [-0.3, -0.25) is 4.79 Å². The molecule has 1 heterocycles. The minimum atomic E-state index is -0.620. The minimum Gasteiger partial charge on any atom is -0.497 e. The van der Waals surface area contributed by atoms with Crippen molar-refractivity contribution >= 4 is 22.8 Å². The Morgan fingerprint density at radius 2 is 1.81 bits per heavy atom. The van der Waals surface area contributed by atoms with Gasteiger partial charge in [-0.25, -0.2) is 4.79 Å². The maximum atomic E-state index is 12.6. The largest absolute Gasteiger partial charge is 0.497 e. The third-order valence-corrected chi connectivity index (χ3v) is 8.04. The van der Waals surface area contributed by atoms with Crippen LogP contribution in [0.15, 0.2) is 22.6 Å². The van der Waals surface area contributed by atoms with Crippen molar-refractivity contribution in [2.24, 2.45) is 23.2 Å². The molecule has 2 aromatic rings. The first-order valence-electron chi connectivity index (χ1n) is 11.4. The molecule has 6 rings (SSSR count). The Labute approximate surface area is 182 Å². The van der Waals surface area contributed by atoms with Crippen LogP contribution in [0.1, 0.15) is 61.6 Å². The number of nitrogens with one attached hydrogen (secondary N) is 1. The Morgan fingerprint density at radius 3 is 2.42 bits per heavy atom. The van der Waals surface area contributed by atoms with Crippen LogP contribution in [0.5, 0.6) is 5.75 Å². The molecule has 1 N–H and O–H groups in total. The number of carbonyl (C=O) groups is 2. The predicted octanol–water partition coefficient (Wildman–Crippen LogP) is 4.63. The van der Waals surface area contributed by atoms with E-state index in [1.807, 2.05) is 6.07 Å². The van der Waals surface area contributed by atoms with Gasteiger partial charge in [-0.1, -0.05) is 0 Å². The molecule has 4 saturated carbocycles. The normalized spacial score (nSPS) is 29.7. The third-order valence-electron chi connectivity index (χ3n) is 8.04. The highest BCUT2D eigenvalue weighted by atomic mass is 16.5. The van der Waals surface area contributed by atoms with E-state index in [4.69, 9.17) is 13.9 Å². The van der Waals surface area contributed by atoms with Gasteiger partial charge in [0, 0.05) is 17.0 Å². The van der Waals surface area contributed by atoms with Crippen molar-refractivity contribution in [1.29, 1.82) is 0 Å². The summed E-state index contributed by atoms with van der Waals surface area (Å²) >= 11 is 0. The molecule has 0 aliphatic heterocycles. The lowest BCUT2D eigenvalue weighted by Crippen LogP contribution is -2.56. The summed E-state index contributed by atoms with van der Waals surface area (Å²) in [5.41, 5.74) is 1.49. The SMILES string of the molecule is COc1ccc2oc(C(=O)OCC(=O)N[C@H](C)C34CC5CC(CC(C5)C3)C4)c(C)c2c1. The highest BCUT2D eigenvalue weighted by Gasteiger charge is 2.53. The molecule has 31 heavy (non-hydrogen) atoms. The minimum absolute atomic E-state index is 0.104. The Hall–Kier alpha value is -2.50. The van der Waals surface area contributed by atoms with Gasteiger partial charge >= 0.3 is 5.97 Å². The summed E-state index contributed by atoms with van der Waals surface area (Å²) in [6, 6.07) is 5.47. The maximum Gasteiger partial charge on any atom is 0.375 e. The van der Waals surface area contributed by atoms with Gasteiger partial charge in [0.1, 0.15) is 11.3 Å². The number of carbonyl (C=O) groups excluding carboxylic acids is 2. The summed E-state index contributed by atoms with van der Waals surface area (Å²) in [5.74, 6) is 2.45. The smallest absolute Gasteiger partial charge is 0.375 e. The molecule has 4 bridgehead atoms. The number of ether oxygens (including phenoxy) is 2. The average Bonchev–Trinajstić information content (AvgIpc) is 3.07. The quantitative estimate of drug-likeness (QED) is 0.683. The molecule has 166 valence electrons. The molecule has 4 fully saturated rings. The van der Waals surface area contributed by atoms with Crippen LogP contribution in [0.25, 0.3) is 11.0 Å². The number of hydrogen-bond donors (Lipinski definition) is 1. The van der Waals surface area contributed by atoms with E-state index in [-0.39, 0.29) is 29.7 Å². The Kier molecular flexibility index (Phi) is 4.98. The highest BCUT2D eigenvalue weighted by Crippen LogP contribution is 2.61. The van der Waals surface area contributed by atoms with Crippen LogP contribution < -0.4 is 10.1 Å². The molecule has 0 radical (unpaired) electrons. The molecular weight excluding hydrogens is 394 g/mol. The number of amides is 1. The first kappa shape index (κ1) is 20.4. The molecule has 0 unspecified atom stereocenters. The fourth-order valence-electron chi connectivity index (χ4n) is 6.86. The first-order valence-corrected chi connectivity index (χ1v) is 11.4. The van der Waals surface area contributed by atoms with Crippen molar-refractivity contribution in [3.05, 3.63) is 29.5 Å². The van der Waals surface area contributed by atoms with Gasteiger partial charge in [0.05, 0.1) is 7.11 Å². The number of fused-ring (bicyclic) bond motifs is 1. The van der Waals surface area contributed by atoms with Crippen LogP contribution in [0, 0.1) is 30.1 Å². The van der Waals surface area contributed by atoms with Crippen molar-refractivity contribution in [1.82, 2.24) is 5.32 Å². The van der Waals surface area contributed by atoms with E-state index in [1.54, 1.807) is 26.2 Å². The lowest BCUT2D eigenvalue weighted by atomic mass is 9.48. The number of furan rings is 1. The zero-order chi connectivity index (χ0) is 21.8. The van der Waals surface area contributed by atoms with Crippen LogP contribution in [-0.2, 0) is 9.53 Å². The average molecular weight is 426 g/mol. The van der Waals surface area contributed by atoms with Gasteiger partial charge in [-0.15, -0.1) is 0 Å². The van der Waals surface area contributed by atoms with Crippen molar-refractivity contribution in [2.45, 2.75) is 58.4 Å². The second-order valence-corrected chi connectivity index (χ2v) is 10.1. The molecule has 1 amide bonds. The topological polar surface area (TPSA) is 77.8 Å². The summed E-state index contributed by atoms with van der Waals surface area (Å²) < 4.78 is 16.2. The maximum absolute atomic E-state index is 12.6. The van der Waals surface area contributed by atoms with Crippen molar-refractivity contribution < 1.29 is 23.5 Å². The number of aryl methyl sites for hydroxylation is 1. The van der Waals surface area contributed by atoms with Gasteiger partial charge in [0.25, 0.3) is 5.91 Å². The van der Waals surface area contributed by atoms with E-state index >= 15 is 0 Å². The number of rotatable bonds is 6. The van der Waals surface area contributed by atoms with E-state index in [2.05, 4.69) is 12.2 Å². The Morgan fingerprint density at radius 1 is 1.16 bits per heavy atom. The Balaban J connectivity index is 1.20. The zero-order valence-corrected chi connectivity index (χ0v) is 18.5. The lowest BCUT2D eigenvalue weighted by molar-refractivity contribution is -0.128. The zero-order valence-electron chi connectivity index (χ0n) is 18.5. The van der Waals surface area contributed by atoms with Gasteiger partial charge in [-0.2, -0.15) is 0 Å². The van der Waals surface area contributed by atoms with Gasteiger partial charge in [-0.05, 0) is 93.7 Å². The fourth-order valence-corrected chi connectivity index (χ4v) is 6.86. The molecular formula is C25H31NO5. The van der Waals surface area contributed by atoms with Crippen LogP contribution in [0.4, 0.5) is 0 Å². The number of methoxy groups -OCH3 is 1. The number of benzene rings is 1. The van der Waals surface area contributed by atoms with E-state index in [0.717, 1.165) is 23.1 Å². The van der Waals surface area contributed by atoms with Gasteiger partial charge in [0.2, 0.25) is 5.76 Å². The second kappa shape index (κ2) is 7.57. The van der Waals surface area contributed by atoms with E-state index in [9.17, 15) is 9.59 Å². The van der Waals surface area contributed by atoms with Crippen molar-refractivity contribution in [2.75, 3.05) is 13.7 Å². The molecule has 6 nitrogen and oxygen atoms in total.